The van der Waals surface area contributed by atoms with Crippen molar-refractivity contribution in [2.45, 2.75) is 32.2 Å². The average Bonchev–Trinajstić information content (AvgIpc) is 3.22. The molecule has 5 rings (SSSR count). The average molecular weight is 454 g/mol. The third kappa shape index (κ3) is 3.63. The van der Waals surface area contributed by atoms with Crippen molar-refractivity contribution in [2.75, 3.05) is 4.90 Å². The van der Waals surface area contributed by atoms with Gasteiger partial charge >= 0.3 is 0 Å². The summed E-state index contributed by atoms with van der Waals surface area (Å²) >= 11 is 0. The number of halogens is 4. The number of hydrogen-bond acceptors (Lipinski definition) is 3. The third-order valence-corrected chi connectivity index (χ3v) is 5.89. The van der Waals surface area contributed by atoms with E-state index in [4.69, 9.17) is 0 Å². The lowest BCUT2D eigenvalue weighted by molar-refractivity contribution is 0.0976. The number of hydrogen-bond donors (Lipinski definition) is 0. The summed E-state index contributed by atoms with van der Waals surface area (Å²) in [6.45, 7) is 1.87. The van der Waals surface area contributed by atoms with E-state index in [1.807, 2.05) is 6.92 Å². The SMILES string of the molecule is C[C@@H]1CCc2cc(F)ccc2N1C(=O)c1cnn2c(C(F)F)cc(-c3ccc(F)cc3)nc12. The van der Waals surface area contributed by atoms with Crippen LogP contribution >= 0.6 is 0 Å². The molecule has 0 saturated carbocycles. The Kier molecular flexibility index (Phi) is 5.11. The van der Waals surface area contributed by atoms with Crippen LogP contribution in [-0.2, 0) is 6.42 Å². The number of carbonyl (C=O) groups is 1. The van der Waals surface area contributed by atoms with Gasteiger partial charge in [0.2, 0.25) is 0 Å². The molecule has 0 N–H and O–H groups in total. The van der Waals surface area contributed by atoms with Gasteiger partial charge in [0.05, 0.1) is 11.9 Å². The van der Waals surface area contributed by atoms with Gasteiger partial charge in [-0.05, 0) is 73.9 Å². The second-order valence-corrected chi connectivity index (χ2v) is 8.00. The number of aryl methyl sites for hydroxylation is 1. The van der Waals surface area contributed by atoms with Gasteiger partial charge in [-0.2, -0.15) is 5.10 Å². The van der Waals surface area contributed by atoms with Crippen LogP contribution in [0.25, 0.3) is 16.9 Å². The number of anilines is 1. The first kappa shape index (κ1) is 21.1. The molecule has 1 atom stereocenters. The van der Waals surface area contributed by atoms with Crippen molar-refractivity contribution in [3.63, 3.8) is 0 Å². The highest BCUT2D eigenvalue weighted by Crippen LogP contribution is 2.34. The molecule has 0 radical (unpaired) electrons. The Labute approximate surface area is 186 Å². The van der Waals surface area contributed by atoms with E-state index in [1.165, 1.54) is 53.6 Å². The Morgan fingerprint density at radius 3 is 2.52 bits per heavy atom. The van der Waals surface area contributed by atoms with E-state index < -0.39 is 23.8 Å². The molecule has 1 amide bonds. The molecular formula is C24H18F4N4O. The van der Waals surface area contributed by atoms with Crippen molar-refractivity contribution in [3.05, 3.63) is 83.2 Å². The maximum absolute atomic E-state index is 13.8. The lowest BCUT2D eigenvalue weighted by Crippen LogP contribution is -2.42. The van der Waals surface area contributed by atoms with Crippen LogP contribution in [0.15, 0.2) is 54.7 Å². The van der Waals surface area contributed by atoms with Crippen LogP contribution < -0.4 is 4.90 Å². The summed E-state index contributed by atoms with van der Waals surface area (Å²) in [6.07, 6.45) is -0.418. The van der Waals surface area contributed by atoms with Crippen LogP contribution in [0.2, 0.25) is 0 Å². The standard InChI is InChI=1S/C24H18F4N4O/c1-13-2-3-15-10-17(26)8-9-20(15)31(13)24(33)18-12-29-32-21(22(27)28)11-19(30-23(18)32)14-4-6-16(25)7-5-14/h4-13,22H,2-3H2,1H3/t13-/m1/s1. The number of rotatable bonds is 3. The number of fused-ring (bicyclic) bond motifs is 2. The number of alkyl halides is 2. The number of nitrogens with zero attached hydrogens (tertiary/aromatic N) is 4. The van der Waals surface area contributed by atoms with Gasteiger partial charge in [-0.3, -0.25) is 4.79 Å². The quantitative estimate of drug-likeness (QED) is 0.379. The first-order valence-electron chi connectivity index (χ1n) is 10.4. The molecular weight excluding hydrogens is 436 g/mol. The monoisotopic (exact) mass is 454 g/mol. The first-order valence-corrected chi connectivity index (χ1v) is 10.4. The summed E-state index contributed by atoms with van der Waals surface area (Å²) in [4.78, 5) is 19.6. The van der Waals surface area contributed by atoms with Gasteiger partial charge in [0.1, 0.15) is 22.9 Å². The van der Waals surface area contributed by atoms with Gasteiger partial charge < -0.3 is 4.90 Å². The number of amides is 1. The van der Waals surface area contributed by atoms with E-state index in [2.05, 4.69) is 10.1 Å². The van der Waals surface area contributed by atoms with Crippen LogP contribution in [0.4, 0.5) is 23.2 Å². The molecule has 5 nitrogen and oxygen atoms in total. The number of aromatic nitrogens is 3. The summed E-state index contributed by atoms with van der Waals surface area (Å²) in [7, 11) is 0. The maximum atomic E-state index is 13.8. The molecule has 1 aliphatic rings. The van der Waals surface area contributed by atoms with E-state index in [0.29, 0.717) is 29.7 Å². The highest BCUT2D eigenvalue weighted by molar-refractivity contribution is 6.10. The van der Waals surface area contributed by atoms with Gasteiger partial charge in [-0.1, -0.05) is 0 Å². The van der Waals surface area contributed by atoms with Gasteiger partial charge in [0.15, 0.2) is 5.65 Å². The Balaban J connectivity index is 1.66. The summed E-state index contributed by atoms with van der Waals surface area (Å²) in [6, 6.07) is 10.5. The fraction of sp³-hybridized carbons (Fsp3) is 0.208. The van der Waals surface area contributed by atoms with Gasteiger partial charge in [0.25, 0.3) is 12.3 Å². The molecule has 0 bridgehead atoms. The van der Waals surface area contributed by atoms with Crippen LogP contribution in [0.5, 0.6) is 0 Å². The van der Waals surface area contributed by atoms with Crippen LogP contribution in [-0.4, -0.2) is 26.5 Å². The zero-order chi connectivity index (χ0) is 23.3. The van der Waals surface area contributed by atoms with E-state index in [-0.39, 0.29) is 28.8 Å². The first-order chi connectivity index (χ1) is 15.8. The molecule has 1 aliphatic heterocycles. The molecule has 168 valence electrons. The van der Waals surface area contributed by atoms with Gasteiger partial charge in [-0.25, -0.2) is 27.1 Å². The van der Waals surface area contributed by atoms with E-state index in [0.717, 1.165) is 4.52 Å². The Hall–Kier alpha value is -3.75. The van der Waals surface area contributed by atoms with Crippen LogP contribution in [0.3, 0.4) is 0 Å². The lowest BCUT2D eigenvalue weighted by Gasteiger charge is -2.35. The highest BCUT2D eigenvalue weighted by Gasteiger charge is 2.32. The highest BCUT2D eigenvalue weighted by atomic mass is 19.3. The van der Waals surface area contributed by atoms with Crippen molar-refractivity contribution in [1.82, 2.24) is 14.6 Å². The largest absolute Gasteiger partial charge is 0.305 e. The minimum atomic E-state index is -2.88. The minimum Gasteiger partial charge on any atom is -0.305 e. The smallest absolute Gasteiger partial charge is 0.280 e. The molecule has 9 heteroatoms. The van der Waals surface area contributed by atoms with E-state index >= 15 is 0 Å². The third-order valence-electron chi connectivity index (χ3n) is 5.89. The summed E-state index contributed by atoms with van der Waals surface area (Å²) < 4.78 is 55.7. The van der Waals surface area contributed by atoms with Crippen molar-refractivity contribution < 1.29 is 22.4 Å². The lowest BCUT2D eigenvalue weighted by atomic mass is 9.96. The van der Waals surface area contributed by atoms with Crippen LogP contribution in [0, 0.1) is 11.6 Å². The molecule has 0 unspecified atom stereocenters. The van der Waals surface area contributed by atoms with Crippen molar-refractivity contribution in [3.8, 4) is 11.3 Å². The zero-order valence-corrected chi connectivity index (χ0v) is 17.5. The fourth-order valence-corrected chi connectivity index (χ4v) is 4.22. The molecule has 33 heavy (non-hydrogen) atoms. The predicted molar refractivity (Wildman–Crippen MR) is 114 cm³/mol. The maximum Gasteiger partial charge on any atom is 0.280 e. The molecule has 4 aromatic rings. The minimum absolute atomic E-state index is 0.0291. The second kappa shape index (κ2) is 7.99. The molecule has 0 saturated heterocycles. The number of carbonyl (C=O) groups excluding carboxylic acids is 1. The van der Waals surface area contributed by atoms with E-state index in [1.54, 1.807) is 6.07 Å². The summed E-state index contributed by atoms with van der Waals surface area (Å²) in [5.41, 5.74) is 1.44. The number of benzene rings is 2. The molecule has 0 fully saturated rings. The van der Waals surface area contributed by atoms with Crippen molar-refractivity contribution in [1.29, 1.82) is 0 Å². The molecule has 2 aromatic carbocycles. The van der Waals surface area contributed by atoms with Crippen LogP contribution in [0.1, 0.15) is 41.4 Å². The topological polar surface area (TPSA) is 50.5 Å². The molecule has 0 aliphatic carbocycles. The molecule has 3 heterocycles. The fourth-order valence-electron chi connectivity index (χ4n) is 4.22. The Bertz CT molecular complexity index is 1370. The van der Waals surface area contributed by atoms with Crippen molar-refractivity contribution in [2.24, 2.45) is 0 Å². The normalized spacial score (nSPS) is 15.8. The summed E-state index contributed by atoms with van der Waals surface area (Å²) in [5, 5.41) is 4.01. The second-order valence-electron chi connectivity index (χ2n) is 8.00. The van der Waals surface area contributed by atoms with E-state index in [9.17, 15) is 22.4 Å². The molecule has 0 spiro atoms. The predicted octanol–water partition coefficient (Wildman–Crippen LogP) is 5.59. The van der Waals surface area contributed by atoms with Gasteiger partial charge in [0, 0.05) is 17.3 Å². The van der Waals surface area contributed by atoms with Crippen molar-refractivity contribution >= 4 is 17.2 Å². The Morgan fingerprint density at radius 2 is 1.79 bits per heavy atom. The Morgan fingerprint density at radius 1 is 1.06 bits per heavy atom. The summed E-state index contributed by atoms with van der Waals surface area (Å²) in [5.74, 6) is -1.32. The molecule has 2 aromatic heterocycles. The zero-order valence-electron chi connectivity index (χ0n) is 17.5. The van der Waals surface area contributed by atoms with Gasteiger partial charge in [-0.15, -0.1) is 0 Å².